The van der Waals surface area contributed by atoms with Crippen LogP contribution in [0.15, 0.2) is 0 Å². The van der Waals surface area contributed by atoms with Crippen LogP contribution in [0.2, 0.25) is 0 Å². The van der Waals surface area contributed by atoms with Gasteiger partial charge in [-0.1, -0.05) is 23.6 Å². The van der Waals surface area contributed by atoms with E-state index in [4.69, 9.17) is 23.6 Å². The predicted octanol–water partition coefficient (Wildman–Crippen LogP) is 5.14. The first-order valence-corrected chi connectivity index (χ1v) is 15.7. The number of rotatable bonds is 2. The maximum atomic E-state index is 5.08. The van der Waals surface area contributed by atoms with E-state index in [1.165, 1.54) is 0 Å². The number of halogens is 4. The monoisotopic (exact) mass is 456 g/mol. The molecule has 9 heavy (non-hydrogen) atoms. The quantitative estimate of drug-likeness (QED) is 0.524. The second-order valence-corrected chi connectivity index (χ2v) is 34.3. The van der Waals surface area contributed by atoms with Crippen LogP contribution in [0, 0.1) is 0 Å². The Kier molecular flexibility index (Phi) is 6.05. The van der Waals surface area contributed by atoms with Crippen LogP contribution < -0.4 is 0 Å². The summed E-state index contributed by atoms with van der Waals surface area (Å²) in [7, 11) is 0. The smallest absolute Gasteiger partial charge is 0.0728 e. The van der Waals surface area contributed by atoms with Gasteiger partial charge in [-0.05, 0) is 62.0 Å². The summed E-state index contributed by atoms with van der Waals surface area (Å²) < 4.78 is -2.95. The molecule has 8 heteroatoms. The SMILES string of the molecule is S=P(Br)(Br)CP(=S)(Br)Br. The van der Waals surface area contributed by atoms with Gasteiger partial charge in [-0.3, -0.25) is 0 Å². The van der Waals surface area contributed by atoms with E-state index in [-0.39, 0.29) is 0 Å². The summed E-state index contributed by atoms with van der Waals surface area (Å²) in [6.45, 7) is 0. The first-order chi connectivity index (χ1) is 3.71. The van der Waals surface area contributed by atoms with Gasteiger partial charge < -0.3 is 0 Å². The maximum Gasteiger partial charge on any atom is 0.0831 e. The van der Waals surface area contributed by atoms with Crippen LogP contribution in [0.5, 0.6) is 0 Å². The van der Waals surface area contributed by atoms with Crippen LogP contribution in [-0.4, -0.2) is 5.90 Å². The summed E-state index contributed by atoms with van der Waals surface area (Å²) in [4.78, 5) is 0. The van der Waals surface area contributed by atoms with Gasteiger partial charge in [-0.15, -0.1) is 0 Å². The molecule has 0 aromatic heterocycles. The molecule has 0 N–H and O–H groups in total. The molecule has 0 saturated carbocycles. The average molecular weight is 460 g/mol. The third-order valence-electron chi connectivity index (χ3n) is 0.329. The zero-order valence-corrected chi connectivity index (χ0v) is 13.7. The van der Waals surface area contributed by atoms with Gasteiger partial charge in [0.15, 0.2) is 0 Å². The summed E-state index contributed by atoms with van der Waals surface area (Å²) >= 11 is 23.6. The molecule has 0 rings (SSSR count). The van der Waals surface area contributed by atoms with Gasteiger partial charge in [0.1, 0.15) is 0 Å². The number of hydrogen-bond acceptors (Lipinski definition) is 2. The summed E-state index contributed by atoms with van der Waals surface area (Å²) in [5.74, 6) is 0.810. The lowest BCUT2D eigenvalue weighted by Crippen LogP contribution is -1.64. The largest absolute Gasteiger partial charge is 0.0831 e. The minimum atomic E-state index is -1.48. The summed E-state index contributed by atoms with van der Waals surface area (Å²) in [6.07, 6.45) is 0. The van der Waals surface area contributed by atoms with Crippen LogP contribution >= 0.6 is 68.8 Å². The molecular weight excluding hydrogens is 458 g/mol. The Bertz CT molecular complexity index is 157. The second kappa shape index (κ2) is 4.45. The molecule has 0 heterocycles. The molecule has 0 radical (unpaired) electrons. The summed E-state index contributed by atoms with van der Waals surface area (Å²) in [5.41, 5.74) is 0. The molecule has 0 saturated heterocycles. The lowest BCUT2D eigenvalue weighted by atomic mass is 11.9. The van der Waals surface area contributed by atoms with E-state index in [1.807, 2.05) is 0 Å². The lowest BCUT2D eigenvalue weighted by Gasteiger charge is -2.08. The van der Waals surface area contributed by atoms with Crippen molar-refractivity contribution >= 4 is 92.5 Å². The third-order valence-corrected chi connectivity index (χ3v) is 13.1. The van der Waals surface area contributed by atoms with Crippen LogP contribution in [0.1, 0.15) is 0 Å². The van der Waals surface area contributed by atoms with Crippen molar-refractivity contribution in [3.05, 3.63) is 0 Å². The molecule has 0 aromatic carbocycles. The molecule has 0 bridgehead atoms. The fraction of sp³-hybridized carbons (Fsp3) is 1.00. The lowest BCUT2D eigenvalue weighted by molar-refractivity contribution is 2.28. The normalized spacial score (nSPS) is 13.8. The topological polar surface area (TPSA) is 0 Å². The zero-order valence-electron chi connectivity index (χ0n) is 3.93. The van der Waals surface area contributed by atoms with Crippen LogP contribution in [0.25, 0.3) is 0 Å². The highest BCUT2D eigenvalue weighted by atomic mass is 79.9. The van der Waals surface area contributed by atoms with Gasteiger partial charge in [0, 0.05) is 5.90 Å². The molecule has 0 spiro atoms. The van der Waals surface area contributed by atoms with Gasteiger partial charge in [-0.25, -0.2) is 0 Å². The van der Waals surface area contributed by atoms with E-state index < -0.39 is 6.89 Å². The van der Waals surface area contributed by atoms with Crippen LogP contribution in [-0.2, 0) is 23.6 Å². The average Bonchev–Trinajstić information content (AvgIpc) is 1.14. The molecule has 56 valence electrons. The number of hydrogen-bond donors (Lipinski definition) is 0. The molecule has 0 aliphatic rings. The molecule has 0 unspecified atom stereocenters. The maximum absolute atomic E-state index is 5.08. The van der Waals surface area contributed by atoms with E-state index in [2.05, 4.69) is 62.0 Å². The van der Waals surface area contributed by atoms with Crippen molar-refractivity contribution in [2.45, 2.75) is 0 Å². The molecular formula is CH2Br4P2S2. The van der Waals surface area contributed by atoms with Gasteiger partial charge >= 0.3 is 0 Å². The van der Waals surface area contributed by atoms with Crippen molar-refractivity contribution in [2.75, 3.05) is 5.90 Å². The van der Waals surface area contributed by atoms with Crippen LogP contribution in [0.4, 0.5) is 0 Å². The van der Waals surface area contributed by atoms with E-state index in [0.717, 1.165) is 5.90 Å². The second-order valence-electron chi connectivity index (χ2n) is 1.28. The van der Waals surface area contributed by atoms with Crippen molar-refractivity contribution < 1.29 is 0 Å². The Morgan fingerprint density at radius 1 is 0.889 bits per heavy atom. The third kappa shape index (κ3) is 11.2. The van der Waals surface area contributed by atoms with E-state index in [9.17, 15) is 0 Å². The van der Waals surface area contributed by atoms with E-state index >= 15 is 0 Å². The highest BCUT2D eigenvalue weighted by molar-refractivity contribution is 9.78. The van der Waals surface area contributed by atoms with E-state index in [1.54, 1.807) is 0 Å². The Morgan fingerprint density at radius 3 is 1.11 bits per heavy atom. The highest BCUT2D eigenvalue weighted by Gasteiger charge is 2.17. The van der Waals surface area contributed by atoms with Crippen molar-refractivity contribution in [3.63, 3.8) is 0 Å². The van der Waals surface area contributed by atoms with Crippen molar-refractivity contribution in [2.24, 2.45) is 0 Å². The molecule has 0 aliphatic heterocycles. The van der Waals surface area contributed by atoms with Crippen molar-refractivity contribution in [3.8, 4) is 0 Å². The molecule has 0 nitrogen and oxygen atoms in total. The standard InChI is InChI=1S/CH2Br4P2S2/c2-6(3,8)1-7(4,5)9/h1H2. The Labute approximate surface area is 96.9 Å². The minimum absolute atomic E-state index is 0.810. The van der Waals surface area contributed by atoms with Crippen molar-refractivity contribution in [1.29, 1.82) is 0 Å². The molecule has 0 atom stereocenters. The Hall–Kier alpha value is 3.22. The predicted molar refractivity (Wildman–Crippen MR) is 69.1 cm³/mol. The fourth-order valence-corrected chi connectivity index (χ4v) is 33.8. The minimum Gasteiger partial charge on any atom is -0.0728 e. The molecule has 0 aliphatic carbocycles. The van der Waals surface area contributed by atoms with Gasteiger partial charge in [0.2, 0.25) is 0 Å². The first-order valence-electron chi connectivity index (χ1n) is 1.67. The van der Waals surface area contributed by atoms with Crippen molar-refractivity contribution in [1.82, 2.24) is 0 Å². The summed E-state index contributed by atoms with van der Waals surface area (Å²) in [6, 6.07) is 0. The first kappa shape index (κ1) is 12.2. The fourth-order valence-electron chi connectivity index (χ4n) is 0.192. The van der Waals surface area contributed by atoms with Gasteiger partial charge in [-0.2, -0.15) is 0 Å². The zero-order chi connectivity index (χ0) is 7.71. The molecule has 0 fully saturated rings. The van der Waals surface area contributed by atoms with Gasteiger partial charge in [0.25, 0.3) is 0 Å². The molecule has 0 amide bonds. The van der Waals surface area contributed by atoms with E-state index in [0.29, 0.717) is 0 Å². The van der Waals surface area contributed by atoms with Gasteiger partial charge in [0.05, 0.1) is 6.89 Å². The Balaban J connectivity index is 4.07. The Morgan fingerprint density at radius 2 is 1.11 bits per heavy atom. The van der Waals surface area contributed by atoms with Crippen LogP contribution in [0.3, 0.4) is 0 Å². The molecule has 0 aromatic rings. The summed E-state index contributed by atoms with van der Waals surface area (Å²) in [5, 5.41) is 0. The highest BCUT2D eigenvalue weighted by Crippen LogP contribution is 2.77.